The van der Waals surface area contributed by atoms with Gasteiger partial charge in [-0.15, -0.1) is 0 Å². The monoisotopic (exact) mass is 359 g/mol. The number of carbonyl (C=O) groups is 1. The molecule has 26 heavy (non-hydrogen) atoms. The first-order chi connectivity index (χ1) is 12.5. The zero-order chi connectivity index (χ0) is 18.3. The van der Waals surface area contributed by atoms with E-state index in [2.05, 4.69) is 10.3 Å². The van der Waals surface area contributed by atoms with E-state index in [1.807, 2.05) is 19.9 Å². The number of aromatic nitrogens is 2. The van der Waals surface area contributed by atoms with Crippen LogP contribution < -0.4 is 11.0 Å². The molecule has 142 valence electrons. The topological polar surface area (TPSA) is 73.2 Å². The van der Waals surface area contributed by atoms with Crippen LogP contribution in [-0.2, 0) is 16.1 Å². The van der Waals surface area contributed by atoms with Gasteiger partial charge in [0.25, 0.3) is 0 Å². The summed E-state index contributed by atoms with van der Waals surface area (Å²) in [4.78, 5) is 28.6. The second kappa shape index (κ2) is 7.14. The number of aryl methyl sites for hydroxylation is 2. The predicted octanol–water partition coefficient (Wildman–Crippen LogP) is 1.96. The largest absolute Gasteiger partial charge is 0.377 e. The number of nitrogens with one attached hydrogen (secondary N) is 1. The van der Waals surface area contributed by atoms with E-state index < -0.39 is 0 Å². The van der Waals surface area contributed by atoms with Gasteiger partial charge in [-0.2, -0.15) is 4.98 Å². The molecule has 0 radical (unpaired) electrons. The van der Waals surface area contributed by atoms with Gasteiger partial charge in [-0.05, 0) is 32.3 Å². The molecule has 6 heteroatoms. The Morgan fingerprint density at radius 2 is 2.08 bits per heavy atom. The summed E-state index contributed by atoms with van der Waals surface area (Å²) < 4.78 is 7.54. The van der Waals surface area contributed by atoms with Crippen molar-refractivity contribution in [2.75, 3.05) is 6.61 Å². The third kappa shape index (κ3) is 3.20. The first-order valence-corrected chi connectivity index (χ1v) is 10.0. The fourth-order valence-electron chi connectivity index (χ4n) is 5.38. The van der Waals surface area contributed by atoms with Crippen molar-refractivity contribution in [2.45, 2.75) is 71.1 Å². The molecule has 0 aromatic carbocycles. The molecule has 1 saturated heterocycles. The SMILES string of the molecule is Cc1cc(C)n(CCC(=O)NC2C3CCOC3C2C2CCCC2)c(=O)n1. The lowest BCUT2D eigenvalue weighted by Crippen LogP contribution is -2.63. The molecule has 2 aliphatic carbocycles. The fraction of sp³-hybridized carbons (Fsp3) is 0.750. The van der Waals surface area contributed by atoms with E-state index in [0.717, 1.165) is 18.7 Å². The Bertz CT molecular complexity index is 734. The van der Waals surface area contributed by atoms with Crippen LogP contribution in [0.4, 0.5) is 0 Å². The zero-order valence-corrected chi connectivity index (χ0v) is 15.7. The number of ether oxygens (including phenoxy) is 1. The molecule has 4 atom stereocenters. The van der Waals surface area contributed by atoms with E-state index in [-0.39, 0.29) is 17.6 Å². The van der Waals surface area contributed by atoms with Crippen LogP contribution in [0.3, 0.4) is 0 Å². The second-order valence-corrected chi connectivity index (χ2v) is 8.23. The van der Waals surface area contributed by atoms with E-state index in [4.69, 9.17) is 4.74 Å². The lowest BCUT2D eigenvalue weighted by Gasteiger charge is -2.50. The van der Waals surface area contributed by atoms with Gasteiger partial charge in [0.2, 0.25) is 5.91 Å². The highest BCUT2D eigenvalue weighted by Crippen LogP contribution is 2.51. The predicted molar refractivity (Wildman–Crippen MR) is 97.8 cm³/mol. The minimum atomic E-state index is -0.271. The highest BCUT2D eigenvalue weighted by atomic mass is 16.5. The summed E-state index contributed by atoms with van der Waals surface area (Å²) in [5, 5.41) is 3.28. The third-order valence-corrected chi connectivity index (χ3v) is 6.62. The van der Waals surface area contributed by atoms with E-state index in [1.54, 1.807) is 4.57 Å². The molecule has 1 aromatic rings. The first-order valence-electron chi connectivity index (χ1n) is 10.0. The molecule has 1 amide bonds. The molecule has 3 aliphatic rings. The van der Waals surface area contributed by atoms with Crippen molar-refractivity contribution in [1.82, 2.24) is 14.9 Å². The number of rotatable bonds is 5. The van der Waals surface area contributed by atoms with Crippen molar-refractivity contribution in [3.8, 4) is 0 Å². The van der Waals surface area contributed by atoms with Gasteiger partial charge in [0.1, 0.15) is 0 Å². The van der Waals surface area contributed by atoms with Gasteiger partial charge in [0.15, 0.2) is 0 Å². The van der Waals surface area contributed by atoms with Crippen LogP contribution >= 0.6 is 0 Å². The van der Waals surface area contributed by atoms with E-state index in [9.17, 15) is 9.59 Å². The van der Waals surface area contributed by atoms with Gasteiger partial charge in [0.05, 0.1) is 6.10 Å². The molecule has 2 heterocycles. The average molecular weight is 359 g/mol. The van der Waals surface area contributed by atoms with Crippen molar-refractivity contribution >= 4 is 5.91 Å². The number of hydrogen-bond acceptors (Lipinski definition) is 4. The summed E-state index contributed by atoms with van der Waals surface area (Å²) in [7, 11) is 0. The maximum absolute atomic E-state index is 12.6. The lowest BCUT2D eigenvalue weighted by molar-refractivity contribution is -0.130. The molecule has 2 saturated carbocycles. The Balaban J connectivity index is 1.37. The molecular formula is C20H29N3O3. The first kappa shape index (κ1) is 17.7. The van der Waals surface area contributed by atoms with Crippen molar-refractivity contribution in [2.24, 2.45) is 17.8 Å². The summed E-state index contributed by atoms with van der Waals surface area (Å²) in [6.45, 7) is 4.91. The third-order valence-electron chi connectivity index (χ3n) is 6.62. The van der Waals surface area contributed by atoms with E-state index in [0.29, 0.717) is 42.5 Å². The molecule has 6 nitrogen and oxygen atoms in total. The maximum Gasteiger partial charge on any atom is 0.347 e. The van der Waals surface area contributed by atoms with Crippen LogP contribution in [0.15, 0.2) is 10.9 Å². The van der Waals surface area contributed by atoms with Gasteiger partial charge >= 0.3 is 5.69 Å². The summed E-state index contributed by atoms with van der Waals surface area (Å²) in [6.07, 6.45) is 6.88. The summed E-state index contributed by atoms with van der Waals surface area (Å²) in [5.74, 6) is 1.70. The van der Waals surface area contributed by atoms with E-state index in [1.165, 1.54) is 25.7 Å². The van der Waals surface area contributed by atoms with Crippen molar-refractivity contribution in [3.05, 3.63) is 27.9 Å². The molecule has 3 fully saturated rings. The number of fused-ring (bicyclic) bond motifs is 1. The van der Waals surface area contributed by atoms with Crippen LogP contribution in [0.5, 0.6) is 0 Å². The van der Waals surface area contributed by atoms with Crippen LogP contribution in [0.1, 0.15) is 49.9 Å². The number of hydrogen-bond donors (Lipinski definition) is 1. The highest BCUT2D eigenvalue weighted by molar-refractivity contribution is 5.76. The summed E-state index contributed by atoms with van der Waals surface area (Å²) >= 11 is 0. The van der Waals surface area contributed by atoms with Crippen molar-refractivity contribution in [1.29, 1.82) is 0 Å². The number of nitrogens with zero attached hydrogens (tertiary/aromatic N) is 2. The Hall–Kier alpha value is -1.69. The minimum absolute atomic E-state index is 0.0372. The average Bonchev–Trinajstić information content (AvgIpc) is 3.22. The quantitative estimate of drug-likeness (QED) is 0.872. The lowest BCUT2D eigenvalue weighted by atomic mass is 9.61. The molecular weight excluding hydrogens is 330 g/mol. The zero-order valence-electron chi connectivity index (χ0n) is 15.7. The Kier molecular flexibility index (Phi) is 4.86. The van der Waals surface area contributed by atoms with Crippen molar-refractivity contribution in [3.63, 3.8) is 0 Å². The summed E-state index contributed by atoms with van der Waals surface area (Å²) in [6, 6.07) is 2.13. The highest BCUT2D eigenvalue weighted by Gasteiger charge is 2.56. The molecule has 4 rings (SSSR count). The molecule has 1 N–H and O–H groups in total. The Labute approximate surface area is 154 Å². The van der Waals surface area contributed by atoms with Crippen LogP contribution in [0, 0.1) is 31.6 Å². The molecule has 0 spiro atoms. The van der Waals surface area contributed by atoms with Gasteiger partial charge in [0, 0.05) is 48.8 Å². The van der Waals surface area contributed by atoms with Crippen LogP contribution in [0.25, 0.3) is 0 Å². The molecule has 1 aromatic heterocycles. The molecule has 0 bridgehead atoms. The maximum atomic E-state index is 12.6. The van der Waals surface area contributed by atoms with Gasteiger partial charge in [-0.3, -0.25) is 9.36 Å². The number of amides is 1. The molecule has 4 unspecified atom stereocenters. The fourth-order valence-corrected chi connectivity index (χ4v) is 5.38. The molecule has 1 aliphatic heterocycles. The van der Waals surface area contributed by atoms with Crippen molar-refractivity contribution < 1.29 is 9.53 Å². The standard InChI is InChI=1S/C20H29N3O3/c1-12-11-13(2)23(20(25)21-12)9-7-16(24)22-18-15-8-10-26-19(15)17(18)14-5-3-4-6-14/h11,14-15,17-19H,3-10H2,1-2H3,(H,22,24). The minimum Gasteiger partial charge on any atom is -0.377 e. The van der Waals surface area contributed by atoms with Crippen LogP contribution in [0.2, 0.25) is 0 Å². The van der Waals surface area contributed by atoms with Gasteiger partial charge < -0.3 is 10.1 Å². The summed E-state index contributed by atoms with van der Waals surface area (Å²) in [5.41, 5.74) is 1.30. The Morgan fingerprint density at radius 1 is 1.31 bits per heavy atom. The van der Waals surface area contributed by atoms with Gasteiger partial charge in [-0.25, -0.2) is 4.79 Å². The van der Waals surface area contributed by atoms with E-state index >= 15 is 0 Å². The van der Waals surface area contributed by atoms with Gasteiger partial charge in [-0.1, -0.05) is 25.7 Å². The second-order valence-electron chi connectivity index (χ2n) is 8.23. The van der Waals surface area contributed by atoms with Crippen LogP contribution in [-0.4, -0.2) is 34.2 Å². The normalized spacial score (nSPS) is 30.8. The smallest absolute Gasteiger partial charge is 0.347 e. The number of carbonyl (C=O) groups excluding carboxylic acids is 1. The Morgan fingerprint density at radius 3 is 2.81 bits per heavy atom.